The zero-order valence-electron chi connectivity index (χ0n) is 34.8. The SMILES string of the molecule is Cn1c(=O)n(C2CCC(=O)NC2=O)c2cccc(CCCOC3CCN(CC4CCC(n5cc(NC(=O)c6cnn7ccc(N8CC[C@H](O)C8)nc67)c(C(F)F)n5)CC4)CC3)c21. The van der Waals surface area contributed by atoms with E-state index in [0.29, 0.717) is 55.4 Å². The first-order valence-electron chi connectivity index (χ1n) is 21.8. The summed E-state index contributed by atoms with van der Waals surface area (Å²) in [5.41, 5.74) is 2.19. The van der Waals surface area contributed by atoms with Crippen molar-refractivity contribution in [1.82, 2.24) is 43.7 Å². The van der Waals surface area contributed by atoms with Crippen molar-refractivity contribution in [1.29, 1.82) is 0 Å². The van der Waals surface area contributed by atoms with Crippen LogP contribution in [0.3, 0.4) is 0 Å². The molecular weight excluding hydrogens is 805 g/mol. The van der Waals surface area contributed by atoms with E-state index in [0.717, 1.165) is 82.1 Å². The van der Waals surface area contributed by atoms with Crippen LogP contribution in [-0.2, 0) is 27.8 Å². The van der Waals surface area contributed by atoms with Crippen LogP contribution in [0.2, 0.25) is 0 Å². The van der Waals surface area contributed by atoms with E-state index in [1.165, 1.54) is 21.5 Å². The van der Waals surface area contributed by atoms with Crippen molar-refractivity contribution in [2.75, 3.05) is 49.5 Å². The van der Waals surface area contributed by atoms with E-state index >= 15 is 0 Å². The zero-order chi connectivity index (χ0) is 43.1. The van der Waals surface area contributed by atoms with E-state index in [2.05, 4.69) is 30.7 Å². The van der Waals surface area contributed by atoms with Crippen LogP contribution in [0.5, 0.6) is 0 Å². The summed E-state index contributed by atoms with van der Waals surface area (Å²) in [7, 11) is 1.72. The number of carbonyl (C=O) groups is 3. The van der Waals surface area contributed by atoms with Crippen molar-refractivity contribution >= 4 is 45.9 Å². The molecule has 5 aromatic rings. The summed E-state index contributed by atoms with van der Waals surface area (Å²) in [5, 5.41) is 23.5. The Morgan fingerprint density at radius 1 is 1.03 bits per heavy atom. The number of nitrogens with one attached hydrogen (secondary N) is 2. The number of hydrogen-bond donors (Lipinski definition) is 3. The second kappa shape index (κ2) is 17.7. The lowest BCUT2D eigenvalue weighted by molar-refractivity contribution is -0.135. The molecule has 3 amide bonds. The molecule has 0 radical (unpaired) electrons. The molecule has 4 fully saturated rings. The van der Waals surface area contributed by atoms with Crippen LogP contribution >= 0.6 is 0 Å². The Morgan fingerprint density at radius 3 is 2.58 bits per heavy atom. The number of β-amino-alcohol motifs (C(OH)–C–C–N with tert-alkyl or cyclic N) is 1. The lowest BCUT2D eigenvalue weighted by Gasteiger charge is -2.36. The monoisotopic (exact) mass is 857 g/mol. The molecule has 0 spiro atoms. The summed E-state index contributed by atoms with van der Waals surface area (Å²) in [6.07, 6.45) is 9.47. The molecule has 3 aliphatic heterocycles. The van der Waals surface area contributed by atoms with Gasteiger partial charge in [0.1, 0.15) is 17.4 Å². The number of para-hydroxylation sites is 1. The number of likely N-dealkylation sites (tertiary alicyclic amines) is 1. The minimum absolute atomic E-state index is 0.0265. The first-order chi connectivity index (χ1) is 30.0. The number of aromatic nitrogens is 7. The third-order valence-corrected chi connectivity index (χ3v) is 13.2. The van der Waals surface area contributed by atoms with Gasteiger partial charge < -0.3 is 25.0 Å². The van der Waals surface area contributed by atoms with Crippen molar-refractivity contribution in [3.8, 4) is 0 Å². The molecular formula is C43H53F2N11O6. The molecule has 62 heavy (non-hydrogen) atoms. The molecule has 0 bridgehead atoms. The van der Waals surface area contributed by atoms with E-state index in [9.17, 15) is 33.1 Å². The summed E-state index contributed by atoms with van der Waals surface area (Å²) in [6.45, 7) is 4.56. The average Bonchev–Trinajstić information content (AvgIpc) is 4.06. The van der Waals surface area contributed by atoms with Crippen molar-refractivity contribution in [3.63, 3.8) is 0 Å². The summed E-state index contributed by atoms with van der Waals surface area (Å²) < 4.78 is 41.0. The van der Waals surface area contributed by atoms with E-state index < -0.39 is 36.1 Å². The maximum atomic E-state index is 14.2. The molecule has 2 atom stereocenters. The normalized spacial score (nSPS) is 23.0. The number of imide groups is 1. The van der Waals surface area contributed by atoms with Gasteiger partial charge in [-0.2, -0.15) is 10.2 Å². The van der Waals surface area contributed by atoms with Gasteiger partial charge in [-0.1, -0.05) is 12.1 Å². The van der Waals surface area contributed by atoms with E-state index in [1.54, 1.807) is 28.6 Å². The van der Waals surface area contributed by atoms with Crippen LogP contribution in [0.25, 0.3) is 16.7 Å². The number of anilines is 2. The van der Waals surface area contributed by atoms with Gasteiger partial charge in [-0.15, -0.1) is 0 Å². The Kier molecular flexibility index (Phi) is 11.9. The smallest absolute Gasteiger partial charge is 0.329 e. The highest BCUT2D eigenvalue weighted by Crippen LogP contribution is 2.36. The predicted molar refractivity (Wildman–Crippen MR) is 224 cm³/mol. The minimum Gasteiger partial charge on any atom is -0.391 e. The zero-order valence-corrected chi connectivity index (χ0v) is 34.8. The summed E-state index contributed by atoms with van der Waals surface area (Å²) in [5.74, 6) is -0.264. The molecule has 19 heteroatoms. The van der Waals surface area contributed by atoms with Crippen molar-refractivity contribution in [2.24, 2.45) is 13.0 Å². The second-order valence-corrected chi connectivity index (χ2v) is 17.3. The van der Waals surface area contributed by atoms with Gasteiger partial charge in [0.2, 0.25) is 11.8 Å². The molecule has 4 aromatic heterocycles. The highest BCUT2D eigenvalue weighted by molar-refractivity contribution is 6.08. The molecule has 3 saturated heterocycles. The molecule has 1 unspecified atom stereocenters. The number of aryl methyl sites for hydroxylation is 2. The Balaban J connectivity index is 0.729. The quantitative estimate of drug-likeness (QED) is 0.114. The number of rotatable bonds is 13. The van der Waals surface area contributed by atoms with E-state index in [-0.39, 0.29) is 41.4 Å². The van der Waals surface area contributed by atoms with Gasteiger partial charge in [-0.3, -0.25) is 33.5 Å². The maximum Gasteiger partial charge on any atom is 0.329 e. The number of amides is 3. The number of hydrogen-bond acceptors (Lipinski definition) is 11. The third-order valence-electron chi connectivity index (χ3n) is 13.2. The van der Waals surface area contributed by atoms with Gasteiger partial charge in [0.15, 0.2) is 11.3 Å². The maximum absolute atomic E-state index is 14.2. The van der Waals surface area contributed by atoms with Crippen LogP contribution in [-0.4, -0.2) is 113 Å². The number of halogens is 2. The van der Waals surface area contributed by atoms with Crippen molar-refractivity contribution in [3.05, 3.63) is 70.2 Å². The van der Waals surface area contributed by atoms with Crippen LogP contribution < -0.4 is 21.2 Å². The number of piperidine rings is 2. The number of nitrogens with zero attached hydrogens (tertiary/aromatic N) is 9. The Bertz CT molecular complexity index is 2520. The lowest BCUT2D eigenvalue weighted by atomic mass is 9.85. The summed E-state index contributed by atoms with van der Waals surface area (Å²) in [6, 6.07) is 6.77. The molecule has 1 aliphatic carbocycles. The van der Waals surface area contributed by atoms with E-state index in [4.69, 9.17) is 4.74 Å². The largest absolute Gasteiger partial charge is 0.391 e. The number of fused-ring (bicyclic) bond motifs is 2. The summed E-state index contributed by atoms with van der Waals surface area (Å²) >= 11 is 0. The van der Waals surface area contributed by atoms with Crippen molar-refractivity contribution in [2.45, 2.75) is 101 Å². The number of alkyl halides is 2. The van der Waals surface area contributed by atoms with Gasteiger partial charge in [-0.25, -0.2) is 23.1 Å². The number of benzene rings is 1. The number of imidazole rings is 1. The van der Waals surface area contributed by atoms with Gasteiger partial charge in [0.25, 0.3) is 12.3 Å². The molecule has 4 aliphatic rings. The van der Waals surface area contributed by atoms with Crippen LogP contribution in [0.1, 0.15) is 104 Å². The highest BCUT2D eigenvalue weighted by Gasteiger charge is 2.33. The first-order valence-corrected chi connectivity index (χ1v) is 21.8. The Morgan fingerprint density at radius 2 is 1.84 bits per heavy atom. The van der Waals surface area contributed by atoms with Gasteiger partial charge in [0, 0.05) is 65.2 Å². The van der Waals surface area contributed by atoms with Crippen LogP contribution in [0.15, 0.2) is 47.7 Å². The van der Waals surface area contributed by atoms with Gasteiger partial charge in [-0.05, 0) is 87.8 Å². The molecule has 1 saturated carbocycles. The van der Waals surface area contributed by atoms with Crippen molar-refractivity contribution < 1.29 is 33.0 Å². The summed E-state index contributed by atoms with van der Waals surface area (Å²) in [4.78, 5) is 60.1. The molecule has 1 aromatic carbocycles. The average molecular weight is 858 g/mol. The molecule has 9 rings (SSSR count). The fourth-order valence-electron chi connectivity index (χ4n) is 9.86. The molecule has 3 N–H and O–H groups in total. The van der Waals surface area contributed by atoms with Crippen LogP contribution in [0, 0.1) is 5.92 Å². The van der Waals surface area contributed by atoms with Gasteiger partial charge in [0.05, 0.1) is 41.2 Å². The predicted octanol–water partition coefficient (Wildman–Crippen LogP) is 4.16. The third kappa shape index (κ3) is 8.49. The molecule has 330 valence electrons. The molecule has 7 heterocycles. The number of aliphatic hydroxyl groups excluding tert-OH is 1. The standard InChI is InChI=1S/C43H53F2N11O6/c1-51-38-27(4-2-6-33(38)56(43(51)61)34-11-12-36(58)49-42(34)60)5-3-21-62-30-14-17-52(18-15-30)23-26-7-9-28(10-8-26)55-25-32(37(50-55)39(44)45)47-41(59)31-22-46-54-20-16-35(48-40(31)54)53-19-13-29(57)24-53/h2,4,6,16,20,22,25-26,28-30,34,39,57H,3,5,7-15,17-19,21,23-24H2,1H3,(H,47,59)(H,49,58,60)/t26?,28?,29-,34?/m0/s1. The van der Waals surface area contributed by atoms with E-state index in [1.807, 2.05) is 23.1 Å². The van der Waals surface area contributed by atoms with Crippen LogP contribution in [0.4, 0.5) is 20.3 Å². The molecule has 17 nitrogen and oxygen atoms in total. The second-order valence-electron chi connectivity index (χ2n) is 17.3. The number of aliphatic hydroxyl groups is 1. The highest BCUT2D eigenvalue weighted by atomic mass is 19.3. The Hall–Kier alpha value is -5.53. The minimum atomic E-state index is -2.87. The fraction of sp³-hybridized carbons (Fsp3) is 0.558. The number of carbonyl (C=O) groups excluding carboxylic acids is 3. The topological polar surface area (TPSA) is 186 Å². The van der Waals surface area contributed by atoms with Gasteiger partial charge >= 0.3 is 5.69 Å². The first kappa shape index (κ1) is 41.8. The fourth-order valence-corrected chi connectivity index (χ4v) is 9.86. The lowest BCUT2D eigenvalue weighted by Crippen LogP contribution is -2.44. The Labute approximate surface area is 356 Å². The number of ether oxygens (including phenoxy) is 1.